The van der Waals surface area contributed by atoms with Crippen molar-refractivity contribution in [1.29, 1.82) is 0 Å². The number of fused-ring (bicyclic) bond motifs is 2. The van der Waals surface area contributed by atoms with E-state index < -0.39 is 11.6 Å². The fourth-order valence-electron chi connectivity index (χ4n) is 4.53. The Hall–Kier alpha value is -4.13. The van der Waals surface area contributed by atoms with Crippen LogP contribution in [0.5, 0.6) is 0 Å². The number of carbonyl (C=O) groups is 1. The summed E-state index contributed by atoms with van der Waals surface area (Å²) in [6.07, 6.45) is 1.75. The third kappa shape index (κ3) is 4.03. The van der Waals surface area contributed by atoms with Crippen LogP contribution in [0.25, 0.3) is 27.5 Å². The van der Waals surface area contributed by atoms with E-state index in [1.54, 1.807) is 29.8 Å². The van der Waals surface area contributed by atoms with Gasteiger partial charge < -0.3 is 5.32 Å². The predicted molar refractivity (Wildman–Crippen MR) is 132 cm³/mol. The molecule has 5 nitrogen and oxygen atoms in total. The topological polar surface area (TPSA) is 59.3 Å². The van der Waals surface area contributed by atoms with Crippen molar-refractivity contribution >= 4 is 22.3 Å². The summed E-state index contributed by atoms with van der Waals surface area (Å²) >= 11 is 0. The number of amides is 1. The number of hydrogen-bond donors (Lipinski definition) is 1. The lowest BCUT2D eigenvalue weighted by atomic mass is 9.99. The summed E-state index contributed by atoms with van der Waals surface area (Å²) in [5.41, 5.74) is 4.21. The molecule has 5 aromatic rings. The van der Waals surface area contributed by atoms with Gasteiger partial charge in [-0.05, 0) is 54.8 Å². The summed E-state index contributed by atoms with van der Waals surface area (Å²) in [5, 5.41) is 8.56. The number of aromatic nitrogens is 3. The molecule has 0 atom stereocenters. The normalized spacial score (nSPS) is 11.5. The number of carbonyl (C=O) groups excluding carboxylic acids is 1. The van der Waals surface area contributed by atoms with Gasteiger partial charge in [-0.2, -0.15) is 5.10 Å². The highest BCUT2D eigenvalue weighted by molar-refractivity contribution is 5.97. The number of pyridine rings is 2. The van der Waals surface area contributed by atoms with E-state index >= 15 is 0 Å². The van der Waals surface area contributed by atoms with E-state index in [-0.39, 0.29) is 17.4 Å². The van der Waals surface area contributed by atoms with Crippen LogP contribution in [0, 0.1) is 18.6 Å². The second-order valence-electron chi connectivity index (χ2n) is 8.86. The Balaban J connectivity index is 1.52. The molecule has 0 saturated heterocycles. The van der Waals surface area contributed by atoms with Crippen molar-refractivity contribution in [1.82, 2.24) is 19.9 Å². The first kappa shape index (κ1) is 22.7. The van der Waals surface area contributed by atoms with Gasteiger partial charge in [-0.1, -0.05) is 38.1 Å². The highest BCUT2D eigenvalue weighted by Gasteiger charge is 2.24. The van der Waals surface area contributed by atoms with Crippen LogP contribution in [0.15, 0.2) is 66.9 Å². The number of benzene rings is 2. The van der Waals surface area contributed by atoms with Crippen molar-refractivity contribution in [2.75, 3.05) is 0 Å². The van der Waals surface area contributed by atoms with Gasteiger partial charge in [-0.3, -0.25) is 9.78 Å². The second kappa shape index (κ2) is 8.91. The molecule has 0 aliphatic rings. The Bertz CT molecular complexity index is 1570. The molecular formula is C28H24F2N4O. The quantitative estimate of drug-likeness (QED) is 0.333. The van der Waals surface area contributed by atoms with Crippen molar-refractivity contribution in [2.45, 2.75) is 33.2 Å². The van der Waals surface area contributed by atoms with E-state index in [9.17, 15) is 13.6 Å². The minimum absolute atomic E-state index is 0.0700. The van der Waals surface area contributed by atoms with Crippen molar-refractivity contribution in [3.8, 4) is 11.1 Å². The van der Waals surface area contributed by atoms with E-state index in [0.717, 1.165) is 16.5 Å². The number of hydrogen-bond acceptors (Lipinski definition) is 3. The Morgan fingerprint density at radius 1 is 1.00 bits per heavy atom. The highest BCUT2D eigenvalue weighted by Crippen LogP contribution is 2.34. The lowest BCUT2D eigenvalue weighted by molar-refractivity contribution is 0.0948. The Kier molecular flexibility index (Phi) is 5.76. The molecule has 0 bridgehead atoms. The van der Waals surface area contributed by atoms with E-state index in [0.29, 0.717) is 34.6 Å². The average molecular weight is 471 g/mol. The molecule has 0 aliphatic heterocycles. The monoisotopic (exact) mass is 470 g/mol. The molecule has 3 heterocycles. The maximum atomic E-state index is 14.6. The zero-order valence-corrected chi connectivity index (χ0v) is 19.6. The number of halogens is 2. The third-order valence-corrected chi connectivity index (χ3v) is 6.11. The lowest BCUT2D eigenvalue weighted by Crippen LogP contribution is -2.25. The van der Waals surface area contributed by atoms with Crippen LogP contribution in [0.4, 0.5) is 8.78 Å². The molecule has 0 unspecified atom stereocenters. The van der Waals surface area contributed by atoms with E-state index in [4.69, 9.17) is 0 Å². The van der Waals surface area contributed by atoms with E-state index in [1.807, 2.05) is 44.2 Å². The predicted octanol–water partition coefficient (Wildman–Crippen LogP) is 6.19. The fraction of sp³-hybridized carbons (Fsp3) is 0.179. The summed E-state index contributed by atoms with van der Waals surface area (Å²) < 4.78 is 30.8. The van der Waals surface area contributed by atoms with Gasteiger partial charge in [0.15, 0.2) is 0 Å². The standard InChI is InChI=1S/C28H24F2N4O/c1-16(2)27-20(28(35)32-15-18-13-19-7-4-5-10-23(19)31-14-18)11-12-24-25(17(3)33-34(24)27)26-21(29)8-6-9-22(26)30/h4-14,16H,15H2,1-3H3,(H,32,35). The summed E-state index contributed by atoms with van der Waals surface area (Å²) in [7, 11) is 0. The van der Waals surface area contributed by atoms with E-state index in [2.05, 4.69) is 15.4 Å². The number of nitrogens with zero attached hydrogens (tertiary/aromatic N) is 3. The van der Waals surface area contributed by atoms with Crippen molar-refractivity contribution in [3.63, 3.8) is 0 Å². The number of nitrogens with one attached hydrogen (secondary N) is 1. The summed E-state index contributed by atoms with van der Waals surface area (Å²) in [5.74, 6) is -1.63. The Morgan fingerprint density at radius 2 is 1.74 bits per heavy atom. The first-order valence-corrected chi connectivity index (χ1v) is 11.4. The SMILES string of the molecule is Cc1nn2c(C(C)C)c(C(=O)NCc3cnc4ccccc4c3)ccc2c1-c1c(F)cccc1F. The highest BCUT2D eigenvalue weighted by atomic mass is 19.1. The number of rotatable bonds is 5. The molecular weight excluding hydrogens is 446 g/mol. The summed E-state index contributed by atoms with van der Waals surface area (Å²) in [4.78, 5) is 17.7. The molecule has 176 valence electrons. The molecule has 2 aromatic carbocycles. The van der Waals surface area contributed by atoms with Crippen molar-refractivity contribution < 1.29 is 13.6 Å². The minimum Gasteiger partial charge on any atom is -0.348 e. The third-order valence-electron chi connectivity index (χ3n) is 6.11. The Morgan fingerprint density at radius 3 is 2.49 bits per heavy atom. The zero-order chi connectivity index (χ0) is 24.7. The van der Waals surface area contributed by atoms with Crippen molar-refractivity contribution in [3.05, 3.63) is 101 Å². The largest absolute Gasteiger partial charge is 0.348 e. The average Bonchev–Trinajstić information content (AvgIpc) is 3.17. The molecule has 1 amide bonds. The van der Waals surface area contributed by atoms with E-state index in [1.165, 1.54) is 18.2 Å². The number of aryl methyl sites for hydroxylation is 1. The van der Waals surface area contributed by atoms with Crippen LogP contribution >= 0.6 is 0 Å². The molecule has 5 rings (SSSR count). The number of para-hydroxylation sites is 1. The van der Waals surface area contributed by atoms with Crippen LogP contribution in [0.1, 0.15) is 47.1 Å². The zero-order valence-electron chi connectivity index (χ0n) is 19.6. The smallest absolute Gasteiger partial charge is 0.253 e. The van der Waals surface area contributed by atoms with Crippen LogP contribution in [0.2, 0.25) is 0 Å². The van der Waals surface area contributed by atoms with Gasteiger partial charge in [0.25, 0.3) is 5.91 Å². The summed E-state index contributed by atoms with van der Waals surface area (Å²) in [6.45, 7) is 5.94. The van der Waals surface area contributed by atoms with Crippen molar-refractivity contribution in [2.24, 2.45) is 0 Å². The van der Waals surface area contributed by atoms with Gasteiger partial charge in [0, 0.05) is 23.7 Å². The van der Waals surface area contributed by atoms with Gasteiger partial charge in [-0.25, -0.2) is 13.3 Å². The first-order valence-electron chi connectivity index (χ1n) is 11.4. The van der Waals surface area contributed by atoms with Gasteiger partial charge in [0.1, 0.15) is 11.6 Å². The fourth-order valence-corrected chi connectivity index (χ4v) is 4.53. The molecule has 1 N–H and O–H groups in total. The van der Waals surface area contributed by atoms with Crippen LogP contribution < -0.4 is 5.32 Å². The van der Waals surface area contributed by atoms with Gasteiger partial charge in [0.05, 0.1) is 33.5 Å². The molecule has 0 radical (unpaired) electrons. The van der Waals surface area contributed by atoms with Crippen LogP contribution in [-0.2, 0) is 6.54 Å². The van der Waals surface area contributed by atoms with Gasteiger partial charge in [-0.15, -0.1) is 0 Å². The Labute approximate surface area is 201 Å². The first-order chi connectivity index (χ1) is 16.8. The maximum Gasteiger partial charge on any atom is 0.253 e. The summed E-state index contributed by atoms with van der Waals surface area (Å²) in [6, 6.07) is 17.0. The lowest BCUT2D eigenvalue weighted by Gasteiger charge is -2.15. The molecule has 3 aromatic heterocycles. The molecule has 0 spiro atoms. The van der Waals surface area contributed by atoms with Crippen LogP contribution in [-0.4, -0.2) is 20.5 Å². The second-order valence-corrected chi connectivity index (χ2v) is 8.86. The molecule has 0 fully saturated rings. The van der Waals surface area contributed by atoms with Crippen LogP contribution in [0.3, 0.4) is 0 Å². The maximum absolute atomic E-state index is 14.6. The molecule has 35 heavy (non-hydrogen) atoms. The molecule has 7 heteroatoms. The molecule has 0 saturated carbocycles. The van der Waals surface area contributed by atoms with Gasteiger partial charge in [0.2, 0.25) is 0 Å². The molecule has 0 aliphatic carbocycles. The van der Waals surface area contributed by atoms with Gasteiger partial charge >= 0.3 is 0 Å². The minimum atomic E-state index is -0.653.